The first-order valence-electron chi connectivity index (χ1n) is 6.00. The molecule has 0 aliphatic rings. The molecule has 8 heteroatoms. The lowest BCUT2D eigenvalue weighted by atomic mass is 10.3. The van der Waals surface area contributed by atoms with Crippen molar-refractivity contribution in [3.63, 3.8) is 0 Å². The van der Waals surface area contributed by atoms with E-state index in [1.54, 1.807) is 24.3 Å². The lowest BCUT2D eigenvalue weighted by Crippen LogP contribution is -2.19. The second-order valence-electron chi connectivity index (χ2n) is 4.06. The molecule has 1 aromatic heterocycles. The van der Waals surface area contributed by atoms with Gasteiger partial charge in [-0.1, -0.05) is 23.7 Å². The summed E-state index contributed by atoms with van der Waals surface area (Å²) in [5, 5.41) is 9.56. The van der Waals surface area contributed by atoms with Crippen molar-refractivity contribution < 1.29 is 14.3 Å². The van der Waals surface area contributed by atoms with Crippen molar-refractivity contribution in [2.75, 3.05) is 17.7 Å². The number of nitrogens with one attached hydrogen (secondary N) is 2. The summed E-state index contributed by atoms with van der Waals surface area (Å²) in [7, 11) is 1.29. The molecule has 0 saturated heterocycles. The Bertz CT molecular complexity index is 656. The fourth-order valence-corrected chi connectivity index (χ4v) is 1.74. The largest absolute Gasteiger partial charge is 0.468 e. The molecule has 1 heterocycles. The summed E-state index contributed by atoms with van der Waals surface area (Å²) in [5.74, 6) is -0.426. The second kappa shape index (κ2) is 6.76. The topological polar surface area (TPSA) is 85.2 Å². The Labute approximate surface area is 125 Å². The van der Waals surface area contributed by atoms with Crippen LogP contribution in [-0.2, 0) is 16.1 Å². The van der Waals surface area contributed by atoms with Gasteiger partial charge in [0.1, 0.15) is 6.54 Å². The fourth-order valence-electron chi connectivity index (χ4n) is 1.56. The quantitative estimate of drug-likeness (QED) is 0.849. The number of ether oxygens (including phenoxy) is 1. The van der Waals surface area contributed by atoms with E-state index in [4.69, 9.17) is 11.6 Å². The number of hydrogen-bond acceptors (Lipinski definition) is 4. The van der Waals surface area contributed by atoms with Crippen LogP contribution in [0.25, 0.3) is 0 Å². The van der Waals surface area contributed by atoms with Gasteiger partial charge in [0, 0.05) is 6.20 Å². The SMILES string of the molecule is COC(=O)Cn1cc(NC(=O)Nc2ccccc2Cl)cn1. The molecule has 0 saturated carbocycles. The summed E-state index contributed by atoms with van der Waals surface area (Å²) in [6.07, 6.45) is 2.94. The summed E-state index contributed by atoms with van der Waals surface area (Å²) in [6, 6.07) is 6.42. The molecule has 21 heavy (non-hydrogen) atoms. The van der Waals surface area contributed by atoms with Crippen LogP contribution in [0.1, 0.15) is 0 Å². The number of anilines is 2. The third kappa shape index (κ3) is 4.22. The number of carbonyl (C=O) groups excluding carboxylic acids is 2. The van der Waals surface area contributed by atoms with E-state index in [0.717, 1.165) is 0 Å². The molecule has 0 aliphatic carbocycles. The average Bonchev–Trinajstić information content (AvgIpc) is 2.88. The Morgan fingerprint density at radius 2 is 2.10 bits per heavy atom. The van der Waals surface area contributed by atoms with E-state index in [9.17, 15) is 9.59 Å². The lowest BCUT2D eigenvalue weighted by Gasteiger charge is -2.07. The van der Waals surface area contributed by atoms with Crippen molar-refractivity contribution >= 4 is 35.0 Å². The average molecular weight is 309 g/mol. The van der Waals surface area contributed by atoms with Crippen LogP contribution in [0.3, 0.4) is 0 Å². The van der Waals surface area contributed by atoms with Crippen molar-refractivity contribution in [2.45, 2.75) is 6.54 Å². The smallest absolute Gasteiger partial charge is 0.327 e. The summed E-state index contributed by atoms with van der Waals surface area (Å²) in [4.78, 5) is 22.9. The number of benzene rings is 1. The molecule has 0 unspecified atom stereocenters. The van der Waals surface area contributed by atoms with Crippen LogP contribution in [0, 0.1) is 0 Å². The van der Waals surface area contributed by atoms with Crippen LogP contribution >= 0.6 is 11.6 Å². The first-order chi connectivity index (χ1) is 10.1. The highest BCUT2D eigenvalue weighted by Gasteiger charge is 2.08. The molecule has 2 amide bonds. The standard InChI is InChI=1S/C13H13ClN4O3/c1-21-12(19)8-18-7-9(6-15-18)16-13(20)17-11-5-3-2-4-10(11)14/h2-7H,8H2,1H3,(H2,16,17,20). The highest BCUT2D eigenvalue weighted by atomic mass is 35.5. The molecule has 7 nitrogen and oxygen atoms in total. The predicted molar refractivity (Wildman–Crippen MR) is 78.3 cm³/mol. The van der Waals surface area contributed by atoms with Crippen LogP contribution in [-0.4, -0.2) is 28.9 Å². The minimum absolute atomic E-state index is 0.0235. The maximum absolute atomic E-state index is 11.8. The van der Waals surface area contributed by atoms with E-state index >= 15 is 0 Å². The molecule has 0 aliphatic heterocycles. The van der Waals surface area contributed by atoms with Crippen LogP contribution in [0.15, 0.2) is 36.7 Å². The molecule has 0 radical (unpaired) electrons. The minimum atomic E-state index is -0.458. The zero-order valence-corrected chi connectivity index (χ0v) is 11.9. The van der Waals surface area contributed by atoms with Crippen molar-refractivity contribution in [3.05, 3.63) is 41.7 Å². The minimum Gasteiger partial charge on any atom is -0.468 e. The van der Waals surface area contributed by atoms with Gasteiger partial charge in [0.05, 0.1) is 29.7 Å². The van der Waals surface area contributed by atoms with Gasteiger partial charge in [-0.2, -0.15) is 5.10 Å². The van der Waals surface area contributed by atoms with Crippen LogP contribution in [0.5, 0.6) is 0 Å². The highest BCUT2D eigenvalue weighted by molar-refractivity contribution is 6.33. The number of carbonyl (C=O) groups is 2. The number of para-hydroxylation sites is 1. The highest BCUT2D eigenvalue weighted by Crippen LogP contribution is 2.20. The normalized spacial score (nSPS) is 10.0. The van der Waals surface area contributed by atoms with E-state index in [1.165, 1.54) is 24.2 Å². The fraction of sp³-hybridized carbons (Fsp3) is 0.154. The molecule has 110 valence electrons. The van der Waals surface area contributed by atoms with Gasteiger partial charge < -0.3 is 15.4 Å². The Hall–Kier alpha value is -2.54. The number of aromatic nitrogens is 2. The molecule has 1 aromatic carbocycles. The molecule has 0 bridgehead atoms. The Kier molecular flexibility index (Phi) is 4.78. The van der Waals surface area contributed by atoms with Crippen molar-refractivity contribution in [2.24, 2.45) is 0 Å². The summed E-state index contributed by atoms with van der Waals surface area (Å²) >= 11 is 5.94. The number of urea groups is 1. The number of methoxy groups -OCH3 is 1. The lowest BCUT2D eigenvalue weighted by molar-refractivity contribution is -0.141. The number of amides is 2. The first kappa shape index (κ1) is 14.9. The van der Waals surface area contributed by atoms with Crippen LogP contribution < -0.4 is 10.6 Å². The van der Waals surface area contributed by atoms with Gasteiger partial charge in [-0.25, -0.2) is 4.79 Å². The van der Waals surface area contributed by atoms with Crippen LogP contribution in [0.2, 0.25) is 5.02 Å². The van der Waals surface area contributed by atoms with E-state index in [-0.39, 0.29) is 6.54 Å². The monoisotopic (exact) mass is 308 g/mol. The summed E-state index contributed by atoms with van der Waals surface area (Å²) in [5.41, 5.74) is 0.946. The molecule has 2 N–H and O–H groups in total. The molecule has 2 rings (SSSR count). The van der Waals surface area contributed by atoms with E-state index in [1.807, 2.05) is 0 Å². The molecule has 0 fully saturated rings. The number of hydrogen-bond donors (Lipinski definition) is 2. The van der Waals surface area contributed by atoms with Gasteiger partial charge in [0.25, 0.3) is 0 Å². The summed E-state index contributed by atoms with van der Waals surface area (Å²) in [6.45, 7) is -0.0235. The van der Waals surface area contributed by atoms with Crippen molar-refractivity contribution in [1.82, 2.24) is 9.78 Å². The molecule has 0 atom stereocenters. The second-order valence-corrected chi connectivity index (χ2v) is 4.47. The third-order valence-electron chi connectivity index (χ3n) is 2.53. The maximum Gasteiger partial charge on any atom is 0.327 e. The molecule has 2 aromatic rings. The van der Waals surface area contributed by atoms with Gasteiger partial charge in [-0.3, -0.25) is 9.48 Å². The number of nitrogens with zero attached hydrogens (tertiary/aromatic N) is 2. The summed E-state index contributed by atoms with van der Waals surface area (Å²) < 4.78 is 5.88. The number of halogens is 1. The Balaban J connectivity index is 1.94. The van der Waals surface area contributed by atoms with Crippen molar-refractivity contribution in [3.8, 4) is 0 Å². The van der Waals surface area contributed by atoms with Crippen molar-refractivity contribution in [1.29, 1.82) is 0 Å². The Morgan fingerprint density at radius 1 is 1.33 bits per heavy atom. The zero-order valence-electron chi connectivity index (χ0n) is 11.2. The number of rotatable bonds is 4. The molecular weight excluding hydrogens is 296 g/mol. The van der Waals surface area contributed by atoms with Gasteiger partial charge in [-0.15, -0.1) is 0 Å². The van der Waals surface area contributed by atoms with E-state index in [0.29, 0.717) is 16.4 Å². The zero-order chi connectivity index (χ0) is 15.2. The third-order valence-corrected chi connectivity index (χ3v) is 2.86. The van der Waals surface area contributed by atoms with Gasteiger partial charge >= 0.3 is 12.0 Å². The van der Waals surface area contributed by atoms with Gasteiger partial charge in [-0.05, 0) is 12.1 Å². The molecular formula is C13H13ClN4O3. The number of esters is 1. The van der Waals surface area contributed by atoms with Gasteiger partial charge in [0.15, 0.2) is 0 Å². The Morgan fingerprint density at radius 3 is 2.81 bits per heavy atom. The first-order valence-corrected chi connectivity index (χ1v) is 6.38. The maximum atomic E-state index is 11.8. The van der Waals surface area contributed by atoms with Crippen LogP contribution in [0.4, 0.5) is 16.2 Å². The van der Waals surface area contributed by atoms with Gasteiger partial charge in [0.2, 0.25) is 0 Å². The predicted octanol–water partition coefficient (Wildman–Crippen LogP) is 2.35. The van der Waals surface area contributed by atoms with E-state index < -0.39 is 12.0 Å². The molecule has 0 spiro atoms. The van der Waals surface area contributed by atoms with E-state index in [2.05, 4.69) is 20.5 Å².